The summed E-state index contributed by atoms with van der Waals surface area (Å²) < 4.78 is 8.78. The largest absolute Gasteiger partial charge is 0.438 e. The van der Waals surface area contributed by atoms with Gasteiger partial charge in [0.2, 0.25) is 5.71 Å². The van der Waals surface area contributed by atoms with Gasteiger partial charge in [-0.25, -0.2) is 19.9 Å². The van der Waals surface area contributed by atoms with Crippen molar-refractivity contribution in [3.05, 3.63) is 158 Å². The third-order valence-electron chi connectivity index (χ3n) is 9.22. The van der Waals surface area contributed by atoms with E-state index < -0.39 is 0 Å². The van der Waals surface area contributed by atoms with Crippen molar-refractivity contribution in [2.75, 3.05) is 0 Å². The van der Waals surface area contributed by atoms with Crippen LogP contribution in [0.1, 0.15) is 0 Å². The number of thiophene rings is 1. The second-order valence-electron chi connectivity index (χ2n) is 12.2. The number of furan rings is 1. The van der Waals surface area contributed by atoms with E-state index in [2.05, 4.69) is 108 Å². The Bertz CT molecular complexity index is 2880. The van der Waals surface area contributed by atoms with E-state index in [-0.39, 0.29) is 0 Å². The molecule has 0 atom stereocenters. The Hall–Kier alpha value is -6.50. The molecule has 50 heavy (non-hydrogen) atoms. The summed E-state index contributed by atoms with van der Waals surface area (Å²) in [5.74, 6) is 1.79. The zero-order valence-corrected chi connectivity index (χ0v) is 27.4. The van der Waals surface area contributed by atoms with E-state index in [4.69, 9.17) is 19.4 Å². The normalized spacial score (nSPS) is 11.6. The molecule has 0 saturated heterocycles. The lowest BCUT2D eigenvalue weighted by Gasteiger charge is -2.14. The molecule has 4 heterocycles. The van der Waals surface area contributed by atoms with Crippen LogP contribution in [-0.2, 0) is 0 Å². The maximum atomic E-state index is 6.32. The molecule has 0 radical (unpaired) electrons. The van der Waals surface area contributed by atoms with Gasteiger partial charge in [0.05, 0.1) is 0 Å². The molecule has 6 aromatic carbocycles. The molecule has 0 spiro atoms. The van der Waals surface area contributed by atoms with Crippen LogP contribution in [0.25, 0.3) is 98.7 Å². The molecule has 5 nitrogen and oxygen atoms in total. The Morgan fingerprint density at radius 1 is 0.440 bits per heavy atom. The number of hydrogen-bond acceptors (Lipinski definition) is 6. The van der Waals surface area contributed by atoms with E-state index in [1.165, 1.54) is 20.2 Å². The van der Waals surface area contributed by atoms with Crippen molar-refractivity contribution in [1.82, 2.24) is 19.9 Å². The van der Waals surface area contributed by atoms with Crippen LogP contribution >= 0.6 is 11.3 Å². The third-order valence-corrected chi connectivity index (χ3v) is 10.4. The molecule has 0 aliphatic heterocycles. The van der Waals surface area contributed by atoms with E-state index in [0.717, 1.165) is 55.3 Å². The molecule has 0 aliphatic rings. The van der Waals surface area contributed by atoms with E-state index in [9.17, 15) is 0 Å². The number of rotatable bonds is 5. The number of fused-ring (bicyclic) bond motifs is 6. The molecule has 0 saturated carbocycles. The fourth-order valence-electron chi connectivity index (χ4n) is 6.87. The number of aromatic nitrogens is 4. The van der Waals surface area contributed by atoms with Crippen LogP contribution < -0.4 is 0 Å². The lowest BCUT2D eigenvalue weighted by atomic mass is 9.92. The van der Waals surface area contributed by atoms with Gasteiger partial charge in [-0.2, -0.15) is 0 Å². The molecule has 6 heteroatoms. The minimum absolute atomic E-state index is 0.572. The SMILES string of the molecule is c1ccc(-c2cccc(-c3ccc4oc5ncccc5c4c3-c3nc(-c4ccccc4)nc(-c4ccc5c(c4)sc4ccccc45)n3)c2)cc1. The van der Waals surface area contributed by atoms with E-state index in [0.29, 0.717) is 23.2 Å². The van der Waals surface area contributed by atoms with Crippen LogP contribution in [0, 0.1) is 0 Å². The first-order valence-electron chi connectivity index (χ1n) is 16.5. The van der Waals surface area contributed by atoms with Gasteiger partial charge in [0, 0.05) is 53.8 Å². The molecule has 0 amide bonds. The molecule has 0 aliphatic carbocycles. The van der Waals surface area contributed by atoms with Gasteiger partial charge >= 0.3 is 0 Å². The summed E-state index contributed by atoms with van der Waals surface area (Å²) in [5.41, 5.74) is 8.37. The van der Waals surface area contributed by atoms with Gasteiger partial charge in [-0.05, 0) is 64.7 Å². The van der Waals surface area contributed by atoms with E-state index in [1.54, 1.807) is 17.5 Å². The van der Waals surface area contributed by atoms with Gasteiger partial charge in [0.15, 0.2) is 17.5 Å². The Morgan fingerprint density at radius 2 is 1.12 bits per heavy atom. The van der Waals surface area contributed by atoms with E-state index in [1.807, 2.05) is 48.5 Å². The third kappa shape index (κ3) is 4.77. The smallest absolute Gasteiger partial charge is 0.227 e. The highest BCUT2D eigenvalue weighted by Gasteiger charge is 2.23. The summed E-state index contributed by atoms with van der Waals surface area (Å²) >= 11 is 1.78. The monoisotopic (exact) mass is 658 g/mol. The second kappa shape index (κ2) is 11.6. The maximum absolute atomic E-state index is 6.32. The molecular weight excluding hydrogens is 633 g/mol. The topological polar surface area (TPSA) is 64.7 Å². The molecule has 10 rings (SSSR count). The summed E-state index contributed by atoms with van der Waals surface area (Å²) in [6.07, 6.45) is 1.76. The van der Waals surface area contributed by atoms with Crippen molar-refractivity contribution in [3.63, 3.8) is 0 Å². The number of hydrogen-bond donors (Lipinski definition) is 0. The molecule has 0 bridgehead atoms. The van der Waals surface area contributed by atoms with Gasteiger partial charge in [0.25, 0.3) is 0 Å². The zero-order chi connectivity index (χ0) is 33.0. The van der Waals surface area contributed by atoms with Crippen molar-refractivity contribution >= 4 is 53.6 Å². The van der Waals surface area contributed by atoms with Crippen molar-refractivity contribution in [1.29, 1.82) is 0 Å². The number of benzene rings is 6. The quantitative estimate of drug-likeness (QED) is 0.184. The highest BCUT2D eigenvalue weighted by molar-refractivity contribution is 7.25. The molecule has 0 N–H and O–H groups in total. The Morgan fingerprint density at radius 3 is 1.98 bits per heavy atom. The van der Waals surface area contributed by atoms with Crippen molar-refractivity contribution in [2.24, 2.45) is 0 Å². The van der Waals surface area contributed by atoms with Crippen LogP contribution in [0.15, 0.2) is 162 Å². The van der Waals surface area contributed by atoms with Gasteiger partial charge in [-0.1, -0.05) is 109 Å². The summed E-state index contributed by atoms with van der Waals surface area (Å²) in [6.45, 7) is 0. The predicted molar refractivity (Wildman–Crippen MR) is 205 cm³/mol. The standard InChI is InChI=1S/C44H26N4OS/c1-3-11-27(12-4-1)29-15-9-16-30(25-29)32-22-23-36-39(35-18-10-24-45-44(35)49-36)40(32)43-47-41(28-13-5-2-6-14-28)46-42(48-43)31-20-21-34-33-17-7-8-19-37(33)50-38(34)26-31/h1-26H. The lowest BCUT2D eigenvalue weighted by Crippen LogP contribution is -2.01. The fraction of sp³-hybridized carbons (Fsp3) is 0. The van der Waals surface area contributed by atoms with Crippen molar-refractivity contribution in [2.45, 2.75) is 0 Å². The summed E-state index contributed by atoms with van der Waals surface area (Å²) in [7, 11) is 0. The molecular formula is C44H26N4OS. The van der Waals surface area contributed by atoms with Crippen LogP contribution in [0.3, 0.4) is 0 Å². The van der Waals surface area contributed by atoms with Gasteiger partial charge < -0.3 is 4.42 Å². The first kappa shape index (κ1) is 28.5. The van der Waals surface area contributed by atoms with Crippen molar-refractivity contribution < 1.29 is 4.42 Å². The lowest BCUT2D eigenvalue weighted by molar-refractivity contribution is 0.654. The molecule has 0 fully saturated rings. The van der Waals surface area contributed by atoms with Gasteiger partial charge in [0.1, 0.15) is 5.58 Å². The fourth-order valence-corrected chi connectivity index (χ4v) is 8.02. The van der Waals surface area contributed by atoms with Gasteiger partial charge in [-0.3, -0.25) is 0 Å². The second-order valence-corrected chi connectivity index (χ2v) is 13.3. The highest BCUT2D eigenvalue weighted by Crippen LogP contribution is 2.43. The number of nitrogens with zero attached hydrogens (tertiary/aromatic N) is 4. The Balaban J connectivity index is 1.26. The average Bonchev–Trinajstić information content (AvgIpc) is 3.76. The first-order chi connectivity index (χ1) is 24.8. The van der Waals surface area contributed by atoms with Crippen LogP contribution in [0.5, 0.6) is 0 Å². The Labute approximate surface area is 291 Å². The molecule has 10 aromatic rings. The van der Waals surface area contributed by atoms with E-state index >= 15 is 0 Å². The highest BCUT2D eigenvalue weighted by atomic mass is 32.1. The molecule has 234 valence electrons. The minimum atomic E-state index is 0.572. The van der Waals surface area contributed by atoms with Gasteiger partial charge in [-0.15, -0.1) is 11.3 Å². The maximum Gasteiger partial charge on any atom is 0.227 e. The van der Waals surface area contributed by atoms with Crippen molar-refractivity contribution in [3.8, 4) is 56.4 Å². The Kier molecular flexibility index (Phi) is 6.60. The number of pyridine rings is 1. The first-order valence-corrected chi connectivity index (χ1v) is 17.3. The summed E-state index contributed by atoms with van der Waals surface area (Å²) in [4.78, 5) is 20.2. The summed E-state index contributed by atoms with van der Waals surface area (Å²) in [5, 5.41) is 4.32. The van der Waals surface area contributed by atoms with Crippen LogP contribution in [-0.4, -0.2) is 19.9 Å². The summed E-state index contributed by atoms with van der Waals surface area (Å²) in [6, 6.07) is 52.4. The predicted octanol–water partition coefficient (Wildman–Crippen LogP) is 11.9. The zero-order valence-electron chi connectivity index (χ0n) is 26.6. The minimum Gasteiger partial charge on any atom is -0.438 e. The van der Waals surface area contributed by atoms with Crippen LogP contribution in [0.2, 0.25) is 0 Å². The molecule has 0 unspecified atom stereocenters. The molecule has 4 aromatic heterocycles. The van der Waals surface area contributed by atoms with Crippen LogP contribution in [0.4, 0.5) is 0 Å². The average molecular weight is 659 g/mol.